The van der Waals surface area contributed by atoms with E-state index in [0.717, 1.165) is 44.0 Å². The molecule has 2 atom stereocenters. The van der Waals surface area contributed by atoms with E-state index in [4.69, 9.17) is 11.6 Å². The van der Waals surface area contributed by atoms with Gasteiger partial charge in [0.25, 0.3) is 5.91 Å². The van der Waals surface area contributed by atoms with E-state index in [2.05, 4.69) is 24.1 Å². The van der Waals surface area contributed by atoms with Crippen molar-refractivity contribution in [2.45, 2.75) is 51.4 Å². The average molecular weight is 453 g/mol. The van der Waals surface area contributed by atoms with Crippen molar-refractivity contribution in [1.82, 2.24) is 10.2 Å². The number of amides is 1. The van der Waals surface area contributed by atoms with Crippen LogP contribution >= 0.6 is 11.6 Å². The lowest BCUT2D eigenvalue weighted by atomic mass is 9.91. The summed E-state index contributed by atoms with van der Waals surface area (Å²) in [4.78, 5) is 15.5. The Morgan fingerprint density at radius 2 is 1.77 bits per heavy atom. The Hall–Kier alpha value is -2.05. The number of rotatable bonds is 6. The molecule has 1 saturated heterocycles. The number of halogens is 4. The molecule has 7 heteroatoms. The normalized spacial score (nSPS) is 17.9. The minimum absolute atomic E-state index is 0.0309. The smallest absolute Gasteiger partial charge is 0.344 e. The summed E-state index contributed by atoms with van der Waals surface area (Å²) in [5.41, 5.74) is -0.251. The third-order valence-electron chi connectivity index (χ3n) is 6.08. The van der Waals surface area contributed by atoms with E-state index < -0.39 is 22.7 Å². The van der Waals surface area contributed by atoms with Crippen LogP contribution < -0.4 is 5.32 Å². The van der Waals surface area contributed by atoms with Gasteiger partial charge < -0.3 is 5.32 Å². The highest BCUT2D eigenvalue weighted by Crippen LogP contribution is 2.36. The molecule has 3 rings (SSSR count). The van der Waals surface area contributed by atoms with Crippen LogP contribution in [0.5, 0.6) is 0 Å². The van der Waals surface area contributed by atoms with Crippen LogP contribution in [0.15, 0.2) is 48.5 Å². The third kappa shape index (κ3) is 5.60. The van der Waals surface area contributed by atoms with E-state index in [1.165, 1.54) is 12.1 Å². The van der Waals surface area contributed by atoms with Gasteiger partial charge in [-0.05, 0) is 56.0 Å². The summed E-state index contributed by atoms with van der Waals surface area (Å²) < 4.78 is 39.8. The van der Waals surface area contributed by atoms with Crippen molar-refractivity contribution in [2.24, 2.45) is 5.92 Å². The van der Waals surface area contributed by atoms with Crippen molar-refractivity contribution in [1.29, 1.82) is 0 Å². The van der Waals surface area contributed by atoms with Gasteiger partial charge in [-0.25, -0.2) is 0 Å². The molecule has 1 fully saturated rings. The number of alkyl halides is 3. The van der Waals surface area contributed by atoms with E-state index in [1.54, 1.807) is 0 Å². The van der Waals surface area contributed by atoms with Crippen LogP contribution in [0, 0.1) is 5.92 Å². The minimum Gasteiger partial charge on any atom is -0.344 e. The second-order valence-corrected chi connectivity index (χ2v) is 8.60. The third-order valence-corrected chi connectivity index (χ3v) is 6.49. The number of nitrogens with zero attached hydrogens (tertiary/aromatic N) is 1. The van der Waals surface area contributed by atoms with Gasteiger partial charge in [0.1, 0.15) is 0 Å². The van der Waals surface area contributed by atoms with E-state index in [0.29, 0.717) is 5.92 Å². The molecule has 1 N–H and O–H groups in total. The topological polar surface area (TPSA) is 32.3 Å². The minimum atomic E-state index is -4.62. The first-order valence-corrected chi connectivity index (χ1v) is 11.1. The molecule has 0 aromatic heterocycles. The Morgan fingerprint density at radius 1 is 1.13 bits per heavy atom. The molecular weight excluding hydrogens is 425 g/mol. The predicted octanol–water partition coefficient (Wildman–Crippen LogP) is 6.34. The lowest BCUT2D eigenvalue weighted by Gasteiger charge is -2.40. The maximum Gasteiger partial charge on any atom is 0.417 e. The van der Waals surface area contributed by atoms with Crippen molar-refractivity contribution >= 4 is 17.5 Å². The lowest BCUT2D eigenvalue weighted by Crippen LogP contribution is -2.48. The van der Waals surface area contributed by atoms with Crippen LogP contribution in [0.3, 0.4) is 0 Å². The van der Waals surface area contributed by atoms with Crippen molar-refractivity contribution in [3.8, 4) is 0 Å². The molecule has 31 heavy (non-hydrogen) atoms. The van der Waals surface area contributed by atoms with Gasteiger partial charge in [0, 0.05) is 6.04 Å². The van der Waals surface area contributed by atoms with Crippen LogP contribution in [-0.2, 0) is 6.18 Å². The summed E-state index contributed by atoms with van der Waals surface area (Å²) in [5, 5.41) is 2.43. The summed E-state index contributed by atoms with van der Waals surface area (Å²) in [6.45, 7) is 6.18. The molecule has 0 radical (unpaired) electrons. The number of carbonyl (C=O) groups is 1. The van der Waals surface area contributed by atoms with Gasteiger partial charge in [0.05, 0.1) is 22.2 Å². The van der Waals surface area contributed by atoms with Gasteiger partial charge in [-0.3, -0.25) is 9.69 Å². The number of nitrogens with one attached hydrogen (secondary N) is 1. The van der Waals surface area contributed by atoms with Gasteiger partial charge in [-0.2, -0.15) is 13.2 Å². The highest BCUT2D eigenvalue weighted by atomic mass is 35.5. The zero-order valence-electron chi connectivity index (χ0n) is 17.8. The SMILES string of the molecule is CC[C@@H]([C@@H](NC(=O)c1cccc(C(F)(F)F)c1Cl)c1ccccc1)N1CCC(C)CC1. The molecule has 1 heterocycles. The number of hydrogen-bond donors (Lipinski definition) is 1. The van der Waals surface area contributed by atoms with Crippen molar-refractivity contribution in [3.63, 3.8) is 0 Å². The fraction of sp³-hybridized carbons (Fsp3) is 0.458. The molecule has 0 bridgehead atoms. The number of benzene rings is 2. The maximum absolute atomic E-state index is 13.3. The van der Waals surface area contributed by atoms with Crippen molar-refractivity contribution < 1.29 is 18.0 Å². The largest absolute Gasteiger partial charge is 0.417 e. The zero-order chi connectivity index (χ0) is 22.6. The first-order chi connectivity index (χ1) is 14.7. The Bertz CT molecular complexity index is 880. The quantitative estimate of drug-likeness (QED) is 0.554. The first kappa shape index (κ1) is 23.6. The summed E-state index contributed by atoms with van der Waals surface area (Å²) in [6, 6.07) is 12.7. The molecule has 1 aliphatic rings. The molecule has 2 aromatic carbocycles. The highest BCUT2D eigenvalue weighted by Gasteiger charge is 2.36. The van der Waals surface area contributed by atoms with Crippen LogP contribution in [-0.4, -0.2) is 29.9 Å². The van der Waals surface area contributed by atoms with Crippen molar-refractivity contribution in [2.75, 3.05) is 13.1 Å². The molecule has 1 aliphatic heterocycles. The van der Waals surface area contributed by atoms with E-state index in [9.17, 15) is 18.0 Å². The van der Waals surface area contributed by atoms with Crippen LogP contribution in [0.2, 0.25) is 5.02 Å². The summed E-state index contributed by atoms with van der Waals surface area (Å²) >= 11 is 6.00. The summed E-state index contributed by atoms with van der Waals surface area (Å²) in [6.07, 6.45) is -1.65. The Kier molecular flexibility index (Phi) is 7.65. The van der Waals surface area contributed by atoms with Gasteiger partial charge >= 0.3 is 6.18 Å². The van der Waals surface area contributed by atoms with Gasteiger partial charge in [-0.1, -0.05) is 61.8 Å². The Balaban J connectivity index is 1.92. The Labute approximate surface area is 186 Å². The maximum atomic E-state index is 13.3. The second-order valence-electron chi connectivity index (χ2n) is 8.22. The van der Waals surface area contributed by atoms with Crippen LogP contribution in [0.25, 0.3) is 0 Å². The Morgan fingerprint density at radius 3 is 2.35 bits per heavy atom. The standard InChI is InChI=1S/C24H28ClF3N2O/c1-3-20(30-14-12-16(2)13-15-30)22(17-8-5-4-6-9-17)29-23(31)18-10-7-11-19(21(18)25)24(26,27)28/h4-11,16,20,22H,3,12-15H2,1-2H3,(H,29,31)/t20-,22-/m0/s1. The first-order valence-electron chi connectivity index (χ1n) is 10.7. The van der Waals surface area contributed by atoms with E-state index in [1.807, 2.05) is 30.3 Å². The number of carbonyl (C=O) groups excluding carboxylic acids is 1. The van der Waals surface area contributed by atoms with Crippen LogP contribution in [0.1, 0.15) is 60.6 Å². The fourth-order valence-electron chi connectivity index (χ4n) is 4.27. The zero-order valence-corrected chi connectivity index (χ0v) is 18.5. The molecule has 2 aromatic rings. The second kappa shape index (κ2) is 10.0. The summed E-state index contributed by atoms with van der Waals surface area (Å²) in [7, 11) is 0. The number of likely N-dealkylation sites (tertiary alicyclic amines) is 1. The highest BCUT2D eigenvalue weighted by molar-refractivity contribution is 6.34. The lowest BCUT2D eigenvalue weighted by molar-refractivity contribution is -0.137. The van der Waals surface area contributed by atoms with Crippen LogP contribution in [0.4, 0.5) is 13.2 Å². The molecule has 0 saturated carbocycles. The molecule has 168 valence electrons. The molecule has 1 amide bonds. The predicted molar refractivity (Wildman–Crippen MR) is 117 cm³/mol. The van der Waals surface area contributed by atoms with E-state index >= 15 is 0 Å². The monoisotopic (exact) mass is 452 g/mol. The fourth-order valence-corrected chi connectivity index (χ4v) is 4.59. The molecular formula is C24H28ClF3N2O. The molecule has 3 nitrogen and oxygen atoms in total. The number of hydrogen-bond acceptors (Lipinski definition) is 2. The summed E-state index contributed by atoms with van der Waals surface area (Å²) in [5.74, 6) is 0.0659. The van der Waals surface area contributed by atoms with Gasteiger partial charge in [0.15, 0.2) is 0 Å². The molecule has 0 aliphatic carbocycles. The van der Waals surface area contributed by atoms with Crippen molar-refractivity contribution in [3.05, 3.63) is 70.2 Å². The number of piperidine rings is 1. The average Bonchev–Trinajstić information content (AvgIpc) is 2.74. The van der Waals surface area contributed by atoms with Gasteiger partial charge in [-0.15, -0.1) is 0 Å². The van der Waals surface area contributed by atoms with Gasteiger partial charge in [0.2, 0.25) is 0 Å². The van der Waals surface area contributed by atoms with E-state index in [-0.39, 0.29) is 17.6 Å². The molecule has 0 spiro atoms. The molecule has 0 unspecified atom stereocenters.